The van der Waals surface area contributed by atoms with Crippen molar-refractivity contribution in [3.63, 3.8) is 0 Å². The summed E-state index contributed by atoms with van der Waals surface area (Å²) in [6.45, 7) is 2.91. The molecule has 2 aromatic carbocycles. The Morgan fingerprint density at radius 3 is 2.64 bits per heavy atom. The molecule has 0 spiro atoms. The van der Waals surface area contributed by atoms with Crippen molar-refractivity contribution in [3.05, 3.63) is 64.8 Å². The number of imidazole rings is 1. The van der Waals surface area contributed by atoms with E-state index in [9.17, 15) is 9.59 Å². The van der Waals surface area contributed by atoms with E-state index in [0.29, 0.717) is 11.5 Å². The first-order valence-corrected chi connectivity index (χ1v) is 9.77. The van der Waals surface area contributed by atoms with Crippen LogP contribution in [0, 0.1) is 5.92 Å². The van der Waals surface area contributed by atoms with E-state index in [0.717, 1.165) is 42.5 Å². The van der Waals surface area contributed by atoms with Gasteiger partial charge in [0.05, 0.1) is 18.4 Å². The van der Waals surface area contributed by atoms with Crippen molar-refractivity contribution < 1.29 is 9.53 Å². The van der Waals surface area contributed by atoms with Crippen LogP contribution >= 0.6 is 0 Å². The van der Waals surface area contributed by atoms with Crippen LogP contribution in [-0.2, 0) is 11.3 Å². The van der Waals surface area contributed by atoms with Crippen LogP contribution < -0.4 is 11.0 Å². The fourth-order valence-corrected chi connectivity index (χ4v) is 3.90. The first-order valence-electron chi connectivity index (χ1n) is 9.77. The van der Waals surface area contributed by atoms with Crippen LogP contribution in [0.3, 0.4) is 0 Å². The summed E-state index contributed by atoms with van der Waals surface area (Å²) in [6.07, 6.45) is 7.11. The molecule has 0 atom stereocenters. The number of hydrogen-bond donors (Lipinski definition) is 1. The number of esters is 1. The Balaban J connectivity index is 1.55. The van der Waals surface area contributed by atoms with Gasteiger partial charge < -0.3 is 10.1 Å². The Bertz CT molecular complexity index is 1040. The zero-order valence-electron chi connectivity index (χ0n) is 16.1. The number of carbonyl (C=O) groups is 1. The lowest BCUT2D eigenvalue weighted by Gasteiger charge is -2.22. The molecule has 28 heavy (non-hydrogen) atoms. The van der Waals surface area contributed by atoms with Crippen molar-refractivity contribution in [1.29, 1.82) is 0 Å². The lowest BCUT2D eigenvalue weighted by Crippen LogP contribution is -2.29. The summed E-state index contributed by atoms with van der Waals surface area (Å²) in [6, 6.07) is 11.2. The van der Waals surface area contributed by atoms with E-state index in [2.05, 4.69) is 5.32 Å². The van der Waals surface area contributed by atoms with Crippen LogP contribution in [0.25, 0.3) is 16.5 Å². The minimum absolute atomic E-state index is 0.0144. The maximum absolute atomic E-state index is 12.8. The van der Waals surface area contributed by atoms with E-state index in [1.54, 1.807) is 21.3 Å². The summed E-state index contributed by atoms with van der Waals surface area (Å²) in [7, 11) is 1.37. The number of hydrogen-bond acceptors (Lipinski definition) is 4. The summed E-state index contributed by atoms with van der Waals surface area (Å²) in [5.41, 5.74) is 1.33. The second kappa shape index (κ2) is 8.02. The Morgan fingerprint density at radius 1 is 1.11 bits per heavy atom. The molecule has 0 amide bonds. The molecule has 1 saturated heterocycles. The zero-order chi connectivity index (χ0) is 19.5. The van der Waals surface area contributed by atoms with Crippen molar-refractivity contribution in [3.8, 4) is 5.69 Å². The van der Waals surface area contributed by atoms with Crippen LogP contribution in [0.2, 0.25) is 0 Å². The molecule has 6 heteroatoms. The highest BCUT2D eigenvalue weighted by Gasteiger charge is 2.14. The van der Waals surface area contributed by atoms with Gasteiger partial charge in [0.25, 0.3) is 0 Å². The molecule has 0 aliphatic carbocycles. The Labute approximate surface area is 163 Å². The minimum Gasteiger partial charge on any atom is -0.465 e. The van der Waals surface area contributed by atoms with Gasteiger partial charge >= 0.3 is 11.7 Å². The molecule has 1 aliphatic heterocycles. The Kier molecular flexibility index (Phi) is 5.30. The quantitative estimate of drug-likeness (QED) is 0.692. The number of aromatic nitrogens is 2. The maximum atomic E-state index is 12.8. The van der Waals surface area contributed by atoms with Crippen LogP contribution in [0.4, 0.5) is 0 Å². The van der Waals surface area contributed by atoms with E-state index in [1.165, 1.54) is 20.0 Å². The molecular formula is C22H25N3O3. The molecule has 146 valence electrons. The van der Waals surface area contributed by atoms with Gasteiger partial charge in [0.15, 0.2) is 0 Å². The topological polar surface area (TPSA) is 65.3 Å². The molecule has 3 aromatic rings. The number of benzene rings is 2. The molecule has 0 radical (unpaired) electrons. The van der Waals surface area contributed by atoms with Gasteiger partial charge in [-0.2, -0.15) is 0 Å². The standard InChI is InChI=1S/C22H25N3O3/c1-28-21(26)19-3-2-18-15-20(5-4-17(18)14-19)25-13-12-24(22(25)27)11-8-16-6-9-23-10-7-16/h2-5,12-16,23H,6-11H2,1H3. The number of nitrogens with one attached hydrogen (secondary N) is 1. The van der Waals surface area contributed by atoms with Gasteiger partial charge in [0, 0.05) is 18.9 Å². The normalized spacial score (nSPS) is 15.0. The molecule has 0 unspecified atom stereocenters. The van der Waals surface area contributed by atoms with Crippen molar-refractivity contribution in [2.24, 2.45) is 5.92 Å². The molecule has 0 saturated carbocycles. The second-order valence-corrected chi connectivity index (χ2v) is 7.36. The number of piperidine rings is 1. The highest BCUT2D eigenvalue weighted by Crippen LogP contribution is 2.20. The first kappa shape index (κ1) is 18.5. The number of aryl methyl sites for hydroxylation is 1. The van der Waals surface area contributed by atoms with E-state index < -0.39 is 0 Å². The second-order valence-electron chi connectivity index (χ2n) is 7.36. The lowest BCUT2D eigenvalue weighted by atomic mass is 9.95. The van der Waals surface area contributed by atoms with Gasteiger partial charge in [-0.1, -0.05) is 12.1 Å². The fraction of sp³-hybridized carbons (Fsp3) is 0.364. The summed E-state index contributed by atoms with van der Waals surface area (Å²) >= 11 is 0. The highest BCUT2D eigenvalue weighted by atomic mass is 16.5. The third-order valence-electron chi connectivity index (χ3n) is 5.61. The van der Waals surface area contributed by atoms with Gasteiger partial charge in [-0.05, 0) is 73.3 Å². The van der Waals surface area contributed by atoms with E-state index in [4.69, 9.17) is 4.74 Å². The highest BCUT2D eigenvalue weighted by molar-refractivity contribution is 5.95. The van der Waals surface area contributed by atoms with Gasteiger partial charge in [0.2, 0.25) is 0 Å². The number of rotatable bonds is 5. The number of fused-ring (bicyclic) bond motifs is 1. The number of ether oxygens (including phenoxy) is 1. The minimum atomic E-state index is -0.354. The molecule has 1 aromatic heterocycles. The molecule has 1 fully saturated rings. The van der Waals surface area contributed by atoms with Gasteiger partial charge in [-0.25, -0.2) is 9.59 Å². The average molecular weight is 379 g/mol. The maximum Gasteiger partial charge on any atom is 0.337 e. The van der Waals surface area contributed by atoms with Crippen LogP contribution in [0.5, 0.6) is 0 Å². The number of nitrogens with zero attached hydrogens (tertiary/aromatic N) is 2. The molecule has 6 nitrogen and oxygen atoms in total. The third-order valence-corrected chi connectivity index (χ3v) is 5.61. The smallest absolute Gasteiger partial charge is 0.337 e. The number of methoxy groups -OCH3 is 1. The predicted octanol–water partition coefficient (Wildman–Crippen LogP) is 2.97. The van der Waals surface area contributed by atoms with Gasteiger partial charge in [-0.15, -0.1) is 0 Å². The van der Waals surface area contributed by atoms with E-state index >= 15 is 0 Å². The van der Waals surface area contributed by atoms with Gasteiger partial charge in [-0.3, -0.25) is 9.13 Å². The lowest BCUT2D eigenvalue weighted by molar-refractivity contribution is 0.0601. The van der Waals surface area contributed by atoms with Crippen molar-refractivity contribution in [1.82, 2.24) is 14.5 Å². The summed E-state index contributed by atoms with van der Waals surface area (Å²) < 4.78 is 8.25. The molecular weight excluding hydrogens is 354 g/mol. The zero-order valence-corrected chi connectivity index (χ0v) is 16.1. The van der Waals surface area contributed by atoms with Gasteiger partial charge in [0.1, 0.15) is 0 Å². The average Bonchev–Trinajstić information content (AvgIpc) is 3.12. The summed E-state index contributed by atoms with van der Waals surface area (Å²) in [5.74, 6) is 0.342. The van der Waals surface area contributed by atoms with Crippen molar-refractivity contribution in [2.45, 2.75) is 25.8 Å². The van der Waals surface area contributed by atoms with Crippen molar-refractivity contribution in [2.75, 3.05) is 20.2 Å². The Hall–Kier alpha value is -2.86. The van der Waals surface area contributed by atoms with E-state index in [1.807, 2.05) is 36.7 Å². The van der Waals surface area contributed by atoms with Crippen molar-refractivity contribution >= 4 is 16.7 Å². The largest absolute Gasteiger partial charge is 0.465 e. The van der Waals surface area contributed by atoms with Crippen LogP contribution in [0.15, 0.2) is 53.6 Å². The molecule has 1 N–H and O–H groups in total. The van der Waals surface area contributed by atoms with Crippen LogP contribution in [-0.4, -0.2) is 35.3 Å². The first-order chi connectivity index (χ1) is 13.7. The Morgan fingerprint density at radius 2 is 1.86 bits per heavy atom. The monoisotopic (exact) mass is 379 g/mol. The number of carbonyl (C=O) groups excluding carboxylic acids is 1. The third kappa shape index (κ3) is 3.73. The molecule has 2 heterocycles. The molecule has 0 bridgehead atoms. The summed E-state index contributed by atoms with van der Waals surface area (Å²) in [4.78, 5) is 24.5. The predicted molar refractivity (Wildman–Crippen MR) is 109 cm³/mol. The summed E-state index contributed by atoms with van der Waals surface area (Å²) in [5, 5.41) is 5.29. The fourth-order valence-electron chi connectivity index (χ4n) is 3.90. The molecule has 4 rings (SSSR count). The molecule has 1 aliphatic rings. The SMILES string of the molecule is COC(=O)c1ccc2cc(-n3ccn(CCC4CCNCC4)c3=O)ccc2c1. The van der Waals surface area contributed by atoms with Crippen LogP contribution in [0.1, 0.15) is 29.6 Å². The van der Waals surface area contributed by atoms with E-state index in [-0.39, 0.29) is 11.7 Å².